The van der Waals surface area contributed by atoms with Crippen LogP contribution in [-0.4, -0.2) is 28.2 Å². The first-order chi connectivity index (χ1) is 11.0. The van der Waals surface area contributed by atoms with Crippen LogP contribution in [0.15, 0.2) is 54.2 Å². The van der Waals surface area contributed by atoms with E-state index >= 15 is 0 Å². The Labute approximate surface area is 129 Å². The van der Waals surface area contributed by atoms with Crippen LogP contribution in [0.2, 0.25) is 0 Å². The van der Waals surface area contributed by atoms with Gasteiger partial charge in [0.1, 0.15) is 24.3 Å². The van der Waals surface area contributed by atoms with Gasteiger partial charge in [-0.3, -0.25) is 4.72 Å². The molecule has 0 bridgehead atoms. The summed E-state index contributed by atoms with van der Waals surface area (Å²) < 4.78 is 54.3. The van der Waals surface area contributed by atoms with Crippen LogP contribution < -0.4 is 4.72 Å². The highest BCUT2D eigenvalue weighted by Crippen LogP contribution is 2.19. The van der Waals surface area contributed by atoms with E-state index in [1.54, 1.807) is 0 Å². The molecule has 0 aliphatic rings. The number of anilines is 1. The Morgan fingerprint density at radius 2 is 1.96 bits per heavy atom. The van der Waals surface area contributed by atoms with E-state index in [4.69, 9.17) is 0 Å². The van der Waals surface area contributed by atoms with E-state index in [0.29, 0.717) is 5.69 Å². The summed E-state index contributed by atoms with van der Waals surface area (Å²) >= 11 is 0. The Balaban J connectivity index is 1.89. The van der Waals surface area contributed by atoms with E-state index in [1.807, 2.05) is 4.72 Å². The third-order valence-electron chi connectivity index (χ3n) is 2.85. The van der Waals surface area contributed by atoms with Crippen molar-refractivity contribution < 1.29 is 17.2 Å². The summed E-state index contributed by atoms with van der Waals surface area (Å²) in [6.07, 6.45) is 4.01. The summed E-state index contributed by atoms with van der Waals surface area (Å²) in [4.78, 5) is 7.56. The first-order valence-electron chi connectivity index (χ1n) is 6.25. The summed E-state index contributed by atoms with van der Waals surface area (Å²) in [7, 11) is -4.15. The van der Waals surface area contributed by atoms with Crippen molar-refractivity contribution in [3.05, 3.63) is 60.8 Å². The Kier molecular flexibility index (Phi) is 3.74. The SMILES string of the molecule is O=S(=O)(Nc1cc(F)ccc1F)c1ccc(-n2cncn2)cn1. The maximum atomic E-state index is 13.5. The zero-order valence-corrected chi connectivity index (χ0v) is 12.2. The Bertz CT molecular complexity index is 928. The van der Waals surface area contributed by atoms with Crippen LogP contribution in [0.5, 0.6) is 0 Å². The Hall–Kier alpha value is -2.88. The fraction of sp³-hybridized carbons (Fsp3) is 0. The maximum Gasteiger partial charge on any atom is 0.279 e. The number of pyridine rings is 1. The molecule has 0 atom stereocenters. The lowest BCUT2D eigenvalue weighted by atomic mass is 10.3. The number of benzene rings is 1. The zero-order valence-electron chi connectivity index (χ0n) is 11.4. The van der Waals surface area contributed by atoms with Crippen molar-refractivity contribution in [3.8, 4) is 5.69 Å². The molecule has 0 spiro atoms. The minimum Gasteiger partial charge on any atom is -0.275 e. The molecular weight excluding hydrogens is 328 g/mol. The largest absolute Gasteiger partial charge is 0.279 e. The van der Waals surface area contributed by atoms with E-state index in [9.17, 15) is 17.2 Å². The summed E-state index contributed by atoms with van der Waals surface area (Å²) in [5.74, 6) is -1.66. The van der Waals surface area contributed by atoms with Crippen LogP contribution >= 0.6 is 0 Å². The van der Waals surface area contributed by atoms with Gasteiger partial charge in [-0.25, -0.2) is 23.4 Å². The first-order valence-corrected chi connectivity index (χ1v) is 7.73. The molecule has 0 saturated carbocycles. The molecule has 10 heteroatoms. The van der Waals surface area contributed by atoms with E-state index in [-0.39, 0.29) is 5.03 Å². The summed E-state index contributed by atoms with van der Waals surface area (Å²) in [5.41, 5.74) is 0.00513. The minimum absolute atomic E-state index is 0.343. The van der Waals surface area contributed by atoms with Crippen molar-refractivity contribution in [1.29, 1.82) is 0 Å². The van der Waals surface area contributed by atoms with Gasteiger partial charge in [0.15, 0.2) is 5.03 Å². The summed E-state index contributed by atoms with van der Waals surface area (Å²) in [6.45, 7) is 0. The van der Waals surface area contributed by atoms with Gasteiger partial charge in [0.05, 0.1) is 17.6 Å². The zero-order chi connectivity index (χ0) is 16.4. The molecule has 118 valence electrons. The van der Waals surface area contributed by atoms with Gasteiger partial charge in [-0.15, -0.1) is 0 Å². The van der Waals surface area contributed by atoms with Gasteiger partial charge in [0.2, 0.25) is 0 Å². The van der Waals surface area contributed by atoms with Crippen molar-refractivity contribution >= 4 is 15.7 Å². The molecule has 0 radical (unpaired) electrons. The molecule has 2 aromatic heterocycles. The van der Waals surface area contributed by atoms with Crippen LogP contribution in [0.4, 0.5) is 14.5 Å². The molecule has 0 amide bonds. The molecule has 0 aliphatic heterocycles. The first kappa shape index (κ1) is 15.0. The molecule has 0 unspecified atom stereocenters. The average molecular weight is 337 g/mol. The minimum atomic E-state index is -4.15. The van der Waals surface area contributed by atoms with Crippen molar-refractivity contribution in [2.75, 3.05) is 4.72 Å². The normalized spacial score (nSPS) is 11.4. The predicted octanol–water partition coefficient (Wildman–Crippen LogP) is 1.74. The molecule has 0 saturated heterocycles. The summed E-state index contributed by atoms with van der Waals surface area (Å²) in [6, 6.07) is 5.14. The third-order valence-corrected chi connectivity index (χ3v) is 4.13. The Morgan fingerprint density at radius 3 is 2.61 bits per heavy atom. The van der Waals surface area contributed by atoms with Crippen LogP contribution in [0, 0.1) is 11.6 Å². The van der Waals surface area contributed by atoms with E-state index in [2.05, 4.69) is 15.1 Å². The van der Waals surface area contributed by atoms with Crippen LogP contribution in [0.1, 0.15) is 0 Å². The quantitative estimate of drug-likeness (QED) is 0.783. The second-order valence-electron chi connectivity index (χ2n) is 4.42. The summed E-state index contributed by atoms with van der Waals surface area (Å²) in [5, 5.41) is 3.53. The second kappa shape index (κ2) is 5.72. The number of nitrogens with zero attached hydrogens (tertiary/aromatic N) is 4. The molecule has 7 nitrogen and oxygen atoms in total. The molecule has 0 aliphatic carbocycles. The van der Waals surface area contributed by atoms with Gasteiger partial charge >= 0.3 is 0 Å². The molecule has 0 fully saturated rings. The van der Waals surface area contributed by atoms with Gasteiger partial charge < -0.3 is 0 Å². The van der Waals surface area contributed by atoms with Gasteiger partial charge in [-0.05, 0) is 24.3 Å². The number of aromatic nitrogens is 4. The van der Waals surface area contributed by atoms with Crippen molar-refractivity contribution in [3.63, 3.8) is 0 Å². The smallest absolute Gasteiger partial charge is 0.275 e. The molecule has 1 N–H and O–H groups in total. The van der Waals surface area contributed by atoms with Crippen LogP contribution in [-0.2, 0) is 10.0 Å². The van der Waals surface area contributed by atoms with Crippen molar-refractivity contribution in [2.45, 2.75) is 5.03 Å². The highest BCUT2D eigenvalue weighted by Gasteiger charge is 2.18. The molecule has 3 aromatic rings. The lowest BCUT2D eigenvalue weighted by Gasteiger charge is -2.09. The number of hydrogen-bond donors (Lipinski definition) is 1. The predicted molar refractivity (Wildman–Crippen MR) is 76.3 cm³/mol. The third kappa shape index (κ3) is 3.16. The topological polar surface area (TPSA) is 89.8 Å². The van der Waals surface area contributed by atoms with E-state index in [0.717, 1.165) is 18.2 Å². The number of hydrogen-bond acceptors (Lipinski definition) is 5. The van der Waals surface area contributed by atoms with Gasteiger partial charge in [-0.1, -0.05) is 0 Å². The number of sulfonamides is 1. The molecule has 23 heavy (non-hydrogen) atoms. The lowest BCUT2D eigenvalue weighted by molar-refractivity contribution is 0.592. The monoisotopic (exact) mass is 337 g/mol. The van der Waals surface area contributed by atoms with Gasteiger partial charge in [0.25, 0.3) is 10.0 Å². The van der Waals surface area contributed by atoms with Crippen molar-refractivity contribution in [2.24, 2.45) is 0 Å². The number of nitrogens with one attached hydrogen (secondary N) is 1. The second-order valence-corrected chi connectivity index (χ2v) is 6.05. The highest BCUT2D eigenvalue weighted by molar-refractivity contribution is 7.92. The van der Waals surface area contributed by atoms with Crippen LogP contribution in [0.25, 0.3) is 5.69 Å². The highest BCUT2D eigenvalue weighted by atomic mass is 32.2. The average Bonchev–Trinajstić information content (AvgIpc) is 3.05. The molecule has 3 rings (SSSR count). The fourth-order valence-electron chi connectivity index (χ4n) is 1.78. The Morgan fingerprint density at radius 1 is 1.13 bits per heavy atom. The van der Waals surface area contributed by atoms with Crippen molar-refractivity contribution in [1.82, 2.24) is 19.7 Å². The lowest BCUT2D eigenvalue weighted by Crippen LogP contribution is -2.15. The number of rotatable bonds is 4. The maximum absolute atomic E-state index is 13.5. The molecular formula is C13H9F2N5O2S. The number of halogens is 2. The van der Waals surface area contributed by atoms with Crippen LogP contribution in [0.3, 0.4) is 0 Å². The molecule has 2 heterocycles. The fourth-order valence-corrected chi connectivity index (χ4v) is 2.77. The molecule has 1 aromatic carbocycles. The standard InChI is InChI=1S/C13H9F2N5O2S/c14-9-1-3-11(15)12(5-9)19-23(21,22)13-4-2-10(6-17-13)20-8-16-7-18-20/h1-8,19H. The van der Waals surface area contributed by atoms with Gasteiger partial charge in [0, 0.05) is 6.07 Å². The van der Waals surface area contributed by atoms with E-state index in [1.165, 1.54) is 35.7 Å². The van der Waals surface area contributed by atoms with E-state index < -0.39 is 27.3 Å². The van der Waals surface area contributed by atoms with Gasteiger partial charge in [-0.2, -0.15) is 13.5 Å².